The molecule has 0 radical (unpaired) electrons. The van der Waals surface area contributed by atoms with Crippen molar-refractivity contribution in [2.45, 2.75) is 13.8 Å². The molecular weight excluding hydrogens is 246 g/mol. The standard InChI is InChI=1S/C17H21N3/c1-3-20(4-2)17-13-9-8-10-15(17)14-18-19-16-11-6-5-7-12-16/h5-14,19H,3-4H2,1-2H3. The van der Waals surface area contributed by atoms with Crippen LogP contribution in [0.3, 0.4) is 0 Å². The van der Waals surface area contributed by atoms with Crippen molar-refractivity contribution in [2.75, 3.05) is 23.4 Å². The van der Waals surface area contributed by atoms with E-state index in [0.29, 0.717) is 0 Å². The largest absolute Gasteiger partial charge is 0.372 e. The van der Waals surface area contributed by atoms with Crippen LogP contribution in [0.1, 0.15) is 19.4 Å². The van der Waals surface area contributed by atoms with Crippen LogP contribution in [-0.4, -0.2) is 19.3 Å². The number of hydrazone groups is 1. The molecule has 2 aromatic carbocycles. The van der Waals surface area contributed by atoms with Gasteiger partial charge in [0.15, 0.2) is 0 Å². The van der Waals surface area contributed by atoms with Gasteiger partial charge in [-0.1, -0.05) is 36.4 Å². The highest BCUT2D eigenvalue weighted by Gasteiger charge is 2.05. The van der Waals surface area contributed by atoms with Crippen molar-refractivity contribution in [3.8, 4) is 0 Å². The fourth-order valence-electron chi connectivity index (χ4n) is 2.14. The quantitative estimate of drug-likeness (QED) is 0.633. The van der Waals surface area contributed by atoms with E-state index in [9.17, 15) is 0 Å². The molecule has 104 valence electrons. The fourth-order valence-corrected chi connectivity index (χ4v) is 2.14. The van der Waals surface area contributed by atoms with Crippen molar-refractivity contribution >= 4 is 17.6 Å². The lowest BCUT2D eigenvalue weighted by molar-refractivity contribution is 0.865. The average molecular weight is 267 g/mol. The van der Waals surface area contributed by atoms with Gasteiger partial charge < -0.3 is 4.90 Å². The van der Waals surface area contributed by atoms with Crippen LogP contribution in [0.4, 0.5) is 11.4 Å². The van der Waals surface area contributed by atoms with Gasteiger partial charge in [-0.05, 0) is 32.0 Å². The van der Waals surface area contributed by atoms with Crippen molar-refractivity contribution in [2.24, 2.45) is 5.10 Å². The summed E-state index contributed by atoms with van der Waals surface area (Å²) in [7, 11) is 0. The summed E-state index contributed by atoms with van der Waals surface area (Å²) in [5.41, 5.74) is 6.38. The first-order valence-electron chi connectivity index (χ1n) is 7.03. The summed E-state index contributed by atoms with van der Waals surface area (Å²) in [5, 5.41) is 4.32. The molecule has 0 heterocycles. The van der Waals surface area contributed by atoms with Gasteiger partial charge in [0, 0.05) is 24.3 Å². The Hall–Kier alpha value is -2.29. The molecule has 0 aliphatic rings. The summed E-state index contributed by atoms with van der Waals surface area (Å²) < 4.78 is 0. The van der Waals surface area contributed by atoms with E-state index in [1.54, 1.807) is 0 Å². The van der Waals surface area contributed by atoms with Crippen LogP contribution in [0.25, 0.3) is 0 Å². The first-order chi connectivity index (χ1) is 9.85. The SMILES string of the molecule is CCN(CC)c1ccccc1C=NNc1ccccc1. The van der Waals surface area contributed by atoms with Gasteiger partial charge >= 0.3 is 0 Å². The summed E-state index contributed by atoms with van der Waals surface area (Å²) in [6.45, 7) is 6.32. The third kappa shape index (κ3) is 3.60. The molecule has 0 amide bonds. The Kier molecular flexibility index (Phi) is 5.18. The number of hydrogen-bond donors (Lipinski definition) is 1. The molecule has 0 fully saturated rings. The molecule has 20 heavy (non-hydrogen) atoms. The summed E-state index contributed by atoms with van der Waals surface area (Å²) >= 11 is 0. The van der Waals surface area contributed by atoms with Gasteiger partial charge in [-0.2, -0.15) is 5.10 Å². The number of rotatable bonds is 6. The van der Waals surface area contributed by atoms with Crippen molar-refractivity contribution < 1.29 is 0 Å². The third-order valence-electron chi connectivity index (χ3n) is 3.21. The molecule has 2 aromatic rings. The molecule has 2 rings (SSSR count). The fraction of sp³-hybridized carbons (Fsp3) is 0.235. The molecule has 1 N–H and O–H groups in total. The van der Waals surface area contributed by atoms with Gasteiger partial charge in [0.2, 0.25) is 0 Å². The number of para-hydroxylation sites is 2. The summed E-state index contributed by atoms with van der Waals surface area (Å²) in [5.74, 6) is 0. The lowest BCUT2D eigenvalue weighted by atomic mass is 10.1. The average Bonchev–Trinajstić information content (AvgIpc) is 2.51. The molecule has 0 aliphatic heterocycles. The molecule has 3 nitrogen and oxygen atoms in total. The second-order valence-electron chi connectivity index (χ2n) is 4.47. The van der Waals surface area contributed by atoms with Crippen LogP contribution < -0.4 is 10.3 Å². The van der Waals surface area contributed by atoms with E-state index in [-0.39, 0.29) is 0 Å². The Morgan fingerprint density at radius 2 is 1.60 bits per heavy atom. The molecule has 0 saturated heterocycles. The van der Waals surface area contributed by atoms with E-state index in [0.717, 1.165) is 24.3 Å². The Labute approximate surface area is 120 Å². The van der Waals surface area contributed by atoms with Crippen LogP contribution in [0.2, 0.25) is 0 Å². The molecule has 0 saturated carbocycles. The zero-order chi connectivity index (χ0) is 14.2. The molecule has 0 bridgehead atoms. The zero-order valence-corrected chi connectivity index (χ0v) is 12.1. The molecule has 0 spiro atoms. The minimum atomic E-state index is 0.990. The van der Waals surface area contributed by atoms with E-state index >= 15 is 0 Å². The van der Waals surface area contributed by atoms with E-state index < -0.39 is 0 Å². The van der Waals surface area contributed by atoms with Crippen molar-refractivity contribution in [3.05, 3.63) is 60.2 Å². The minimum absolute atomic E-state index is 0.990. The van der Waals surface area contributed by atoms with Crippen molar-refractivity contribution in [1.82, 2.24) is 0 Å². The monoisotopic (exact) mass is 267 g/mol. The van der Waals surface area contributed by atoms with Crippen LogP contribution in [-0.2, 0) is 0 Å². The molecule has 0 aromatic heterocycles. The minimum Gasteiger partial charge on any atom is -0.372 e. The Bertz CT molecular complexity index is 545. The maximum absolute atomic E-state index is 4.32. The number of anilines is 2. The van der Waals surface area contributed by atoms with Gasteiger partial charge in [-0.25, -0.2) is 0 Å². The third-order valence-corrected chi connectivity index (χ3v) is 3.21. The van der Waals surface area contributed by atoms with Gasteiger partial charge in [-0.15, -0.1) is 0 Å². The first kappa shape index (κ1) is 14.1. The van der Waals surface area contributed by atoms with Gasteiger partial charge in [-0.3, -0.25) is 5.43 Å². The highest BCUT2D eigenvalue weighted by Crippen LogP contribution is 2.18. The van der Waals surface area contributed by atoms with Crippen LogP contribution in [0, 0.1) is 0 Å². The van der Waals surface area contributed by atoms with E-state index in [4.69, 9.17) is 0 Å². The number of hydrogen-bond acceptors (Lipinski definition) is 3. The summed E-state index contributed by atoms with van der Waals surface area (Å²) in [6.07, 6.45) is 1.88. The lowest BCUT2D eigenvalue weighted by Crippen LogP contribution is -2.23. The number of nitrogens with zero attached hydrogens (tertiary/aromatic N) is 2. The predicted molar refractivity (Wildman–Crippen MR) is 87.7 cm³/mol. The smallest absolute Gasteiger partial charge is 0.0565 e. The van der Waals surface area contributed by atoms with Gasteiger partial charge in [0.25, 0.3) is 0 Å². The second-order valence-corrected chi connectivity index (χ2v) is 4.47. The first-order valence-corrected chi connectivity index (χ1v) is 7.03. The summed E-state index contributed by atoms with van der Waals surface area (Å²) in [6, 6.07) is 18.3. The van der Waals surface area contributed by atoms with Crippen LogP contribution >= 0.6 is 0 Å². The second kappa shape index (κ2) is 7.34. The van der Waals surface area contributed by atoms with E-state index in [1.807, 2.05) is 42.6 Å². The van der Waals surface area contributed by atoms with E-state index in [2.05, 4.69) is 47.5 Å². The summed E-state index contributed by atoms with van der Waals surface area (Å²) in [4.78, 5) is 2.32. The number of nitrogens with one attached hydrogen (secondary N) is 1. The molecule has 0 atom stereocenters. The van der Waals surface area contributed by atoms with Crippen LogP contribution in [0.15, 0.2) is 59.7 Å². The highest BCUT2D eigenvalue weighted by molar-refractivity contribution is 5.88. The Morgan fingerprint density at radius 3 is 2.30 bits per heavy atom. The maximum Gasteiger partial charge on any atom is 0.0565 e. The topological polar surface area (TPSA) is 27.6 Å². The Morgan fingerprint density at radius 1 is 0.950 bits per heavy atom. The van der Waals surface area contributed by atoms with Crippen molar-refractivity contribution in [1.29, 1.82) is 0 Å². The normalized spacial score (nSPS) is 10.7. The maximum atomic E-state index is 4.32. The number of benzene rings is 2. The predicted octanol–water partition coefficient (Wildman–Crippen LogP) is 3.98. The molecule has 3 heteroatoms. The lowest BCUT2D eigenvalue weighted by Gasteiger charge is -2.22. The molecule has 0 aliphatic carbocycles. The van der Waals surface area contributed by atoms with Gasteiger partial charge in [0.05, 0.1) is 11.9 Å². The van der Waals surface area contributed by atoms with Crippen LogP contribution in [0.5, 0.6) is 0 Å². The molecule has 0 unspecified atom stereocenters. The highest BCUT2D eigenvalue weighted by atomic mass is 15.3. The zero-order valence-electron chi connectivity index (χ0n) is 12.1. The molecular formula is C17H21N3. The van der Waals surface area contributed by atoms with Crippen molar-refractivity contribution in [3.63, 3.8) is 0 Å². The van der Waals surface area contributed by atoms with E-state index in [1.165, 1.54) is 5.69 Å². The Balaban J connectivity index is 2.13. The van der Waals surface area contributed by atoms with Gasteiger partial charge in [0.1, 0.15) is 0 Å².